The number of amides is 1. The van der Waals surface area contributed by atoms with Crippen molar-refractivity contribution in [1.29, 1.82) is 0 Å². The molecule has 1 heterocycles. The van der Waals surface area contributed by atoms with E-state index in [2.05, 4.69) is 31.3 Å². The highest BCUT2D eigenvalue weighted by Crippen LogP contribution is 2.24. The number of para-hydroxylation sites is 1. The van der Waals surface area contributed by atoms with E-state index in [0.29, 0.717) is 5.82 Å². The Morgan fingerprint density at radius 3 is 2.60 bits per heavy atom. The molecule has 3 rings (SSSR count). The highest BCUT2D eigenvalue weighted by Gasteiger charge is 2.19. The van der Waals surface area contributed by atoms with Gasteiger partial charge in [-0.15, -0.1) is 5.10 Å². The number of aliphatic hydroxyl groups excluding tert-OH is 1. The lowest BCUT2D eigenvalue weighted by molar-refractivity contribution is 0.0934. The number of hydrogen-bond acceptors (Lipinski definition) is 4. The van der Waals surface area contributed by atoms with Crippen LogP contribution in [0.2, 0.25) is 0 Å². The van der Waals surface area contributed by atoms with E-state index in [-0.39, 0.29) is 19.0 Å². The molecule has 6 nitrogen and oxygen atoms in total. The average molecular weight is 401 g/mol. The lowest BCUT2D eigenvalue weighted by Gasteiger charge is -2.08. The Balaban J connectivity index is 2.11. The summed E-state index contributed by atoms with van der Waals surface area (Å²) in [4.78, 5) is 16.6. The lowest BCUT2D eigenvalue weighted by atomic mass is 10.2. The first-order chi connectivity index (χ1) is 12.1. The minimum absolute atomic E-state index is 0.0645. The Morgan fingerprint density at radius 2 is 1.92 bits per heavy atom. The summed E-state index contributed by atoms with van der Waals surface area (Å²) >= 11 is 3.42. The summed E-state index contributed by atoms with van der Waals surface area (Å²) in [5, 5.41) is 15.8. The Labute approximate surface area is 153 Å². The molecule has 0 aliphatic rings. The second-order valence-electron chi connectivity index (χ2n) is 5.44. The van der Waals surface area contributed by atoms with Crippen LogP contribution in [0.1, 0.15) is 16.2 Å². The summed E-state index contributed by atoms with van der Waals surface area (Å²) in [7, 11) is 0. The van der Waals surface area contributed by atoms with Gasteiger partial charge in [0, 0.05) is 16.6 Å². The van der Waals surface area contributed by atoms with Crippen molar-refractivity contribution in [1.82, 2.24) is 20.1 Å². The molecule has 0 spiro atoms. The summed E-state index contributed by atoms with van der Waals surface area (Å²) in [6.45, 7) is 2.00. The molecule has 0 bridgehead atoms. The maximum Gasteiger partial charge on any atom is 0.291 e. The Hall–Kier alpha value is -2.51. The van der Waals surface area contributed by atoms with Gasteiger partial charge in [0.2, 0.25) is 5.82 Å². The van der Waals surface area contributed by atoms with Crippen molar-refractivity contribution in [3.05, 3.63) is 64.4 Å². The predicted octanol–water partition coefficient (Wildman–Crippen LogP) is 2.73. The number of aryl methyl sites for hydroxylation is 1. The summed E-state index contributed by atoms with van der Waals surface area (Å²) < 4.78 is 2.63. The van der Waals surface area contributed by atoms with Crippen LogP contribution in [0.3, 0.4) is 0 Å². The number of rotatable bonds is 5. The van der Waals surface area contributed by atoms with Crippen molar-refractivity contribution < 1.29 is 9.90 Å². The molecule has 1 amide bonds. The second kappa shape index (κ2) is 7.58. The summed E-state index contributed by atoms with van der Waals surface area (Å²) in [5.41, 5.74) is 2.72. The first-order valence-electron chi connectivity index (χ1n) is 7.78. The van der Waals surface area contributed by atoms with E-state index in [9.17, 15) is 4.79 Å². The zero-order valence-electron chi connectivity index (χ0n) is 13.6. The molecule has 0 aliphatic heterocycles. The van der Waals surface area contributed by atoms with E-state index in [1.165, 1.54) is 0 Å². The van der Waals surface area contributed by atoms with Gasteiger partial charge in [-0.05, 0) is 30.7 Å². The molecule has 0 unspecified atom stereocenters. The maximum atomic E-state index is 12.2. The number of hydrogen-bond donors (Lipinski definition) is 2. The van der Waals surface area contributed by atoms with Crippen molar-refractivity contribution in [2.24, 2.45) is 0 Å². The Bertz CT molecular complexity index is 890. The summed E-state index contributed by atoms with van der Waals surface area (Å²) in [5.74, 6) is 0.227. The van der Waals surface area contributed by atoms with Gasteiger partial charge in [-0.25, -0.2) is 9.67 Å². The number of nitrogens with one attached hydrogen (secondary N) is 1. The van der Waals surface area contributed by atoms with Crippen molar-refractivity contribution in [2.45, 2.75) is 6.92 Å². The number of benzene rings is 2. The summed E-state index contributed by atoms with van der Waals surface area (Å²) in [6.07, 6.45) is 0. The Morgan fingerprint density at radius 1 is 1.20 bits per heavy atom. The van der Waals surface area contributed by atoms with Gasteiger partial charge in [0.25, 0.3) is 5.91 Å². The molecule has 3 aromatic rings. The van der Waals surface area contributed by atoms with Gasteiger partial charge < -0.3 is 10.4 Å². The number of nitrogens with zero attached hydrogens (tertiary/aromatic N) is 3. The highest BCUT2D eigenvalue weighted by molar-refractivity contribution is 9.10. The molecule has 0 radical (unpaired) electrons. The van der Waals surface area contributed by atoms with E-state index in [0.717, 1.165) is 21.3 Å². The third kappa shape index (κ3) is 3.78. The van der Waals surface area contributed by atoms with Crippen molar-refractivity contribution in [3.8, 4) is 17.1 Å². The predicted molar refractivity (Wildman–Crippen MR) is 98.7 cm³/mol. The van der Waals surface area contributed by atoms with Crippen LogP contribution in [0.15, 0.2) is 53.0 Å². The first-order valence-corrected chi connectivity index (χ1v) is 8.57. The standard InChI is InChI=1S/C18H17BrN4O2/c1-12-4-2-3-5-15(12)23-17(13-6-8-14(19)9-7-13)21-16(22-23)18(25)20-10-11-24/h2-9,24H,10-11H2,1H3,(H,20,25). The van der Waals surface area contributed by atoms with Crippen LogP contribution in [0.5, 0.6) is 0 Å². The Kier molecular flexibility index (Phi) is 5.25. The topological polar surface area (TPSA) is 80.0 Å². The van der Waals surface area contributed by atoms with Gasteiger partial charge in [-0.2, -0.15) is 0 Å². The molecule has 2 N–H and O–H groups in total. The number of halogens is 1. The van der Waals surface area contributed by atoms with Crippen LogP contribution in [0.4, 0.5) is 0 Å². The molecule has 0 atom stereocenters. The molecule has 0 saturated carbocycles. The SMILES string of the molecule is Cc1ccccc1-n1nc(C(=O)NCCO)nc1-c1ccc(Br)cc1. The van der Waals surface area contributed by atoms with Crippen molar-refractivity contribution in [2.75, 3.05) is 13.2 Å². The molecule has 0 fully saturated rings. The number of carbonyl (C=O) groups excluding carboxylic acids is 1. The largest absolute Gasteiger partial charge is 0.395 e. The van der Waals surface area contributed by atoms with E-state index in [1.54, 1.807) is 4.68 Å². The number of carbonyl (C=O) groups is 1. The van der Waals surface area contributed by atoms with Crippen LogP contribution < -0.4 is 5.32 Å². The molecular weight excluding hydrogens is 384 g/mol. The maximum absolute atomic E-state index is 12.2. The zero-order valence-corrected chi connectivity index (χ0v) is 15.2. The fraction of sp³-hybridized carbons (Fsp3) is 0.167. The van der Waals surface area contributed by atoms with Gasteiger partial charge in [0.1, 0.15) is 0 Å². The van der Waals surface area contributed by atoms with Gasteiger partial charge in [0.05, 0.1) is 12.3 Å². The highest BCUT2D eigenvalue weighted by atomic mass is 79.9. The fourth-order valence-corrected chi connectivity index (χ4v) is 2.68. The second-order valence-corrected chi connectivity index (χ2v) is 6.36. The van der Waals surface area contributed by atoms with E-state index < -0.39 is 5.91 Å². The molecule has 128 valence electrons. The lowest BCUT2D eigenvalue weighted by Crippen LogP contribution is -2.27. The molecular formula is C18H17BrN4O2. The van der Waals surface area contributed by atoms with Crippen LogP contribution in [0, 0.1) is 6.92 Å². The van der Waals surface area contributed by atoms with E-state index >= 15 is 0 Å². The molecule has 2 aromatic carbocycles. The minimum atomic E-state index is -0.417. The molecule has 25 heavy (non-hydrogen) atoms. The third-order valence-electron chi connectivity index (χ3n) is 3.65. The van der Waals surface area contributed by atoms with Crippen LogP contribution in [0.25, 0.3) is 17.1 Å². The third-order valence-corrected chi connectivity index (χ3v) is 4.18. The molecule has 0 saturated heterocycles. The van der Waals surface area contributed by atoms with E-state index in [4.69, 9.17) is 5.11 Å². The minimum Gasteiger partial charge on any atom is -0.395 e. The van der Waals surface area contributed by atoms with Crippen LogP contribution in [-0.4, -0.2) is 38.9 Å². The van der Waals surface area contributed by atoms with Crippen LogP contribution >= 0.6 is 15.9 Å². The van der Waals surface area contributed by atoms with Gasteiger partial charge in [0.15, 0.2) is 5.82 Å². The van der Waals surface area contributed by atoms with Crippen molar-refractivity contribution in [3.63, 3.8) is 0 Å². The molecule has 7 heteroatoms. The van der Waals surface area contributed by atoms with E-state index in [1.807, 2.05) is 55.5 Å². The average Bonchev–Trinajstić information content (AvgIpc) is 3.06. The van der Waals surface area contributed by atoms with Crippen molar-refractivity contribution >= 4 is 21.8 Å². The fourth-order valence-electron chi connectivity index (χ4n) is 2.41. The smallest absolute Gasteiger partial charge is 0.291 e. The zero-order chi connectivity index (χ0) is 17.8. The van der Waals surface area contributed by atoms with Crippen LogP contribution in [-0.2, 0) is 0 Å². The summed E-state index contributed by atoms with van der Waals surface area (Å²) in [6, 6.07) is 15.4. The number of aliphatic hydroxyl groups is 1. The number of aromatic nitrogens is 3. The molecule has 0 aliphatic carbocycles. The monoisotopic (exact) mass is 400 g/mol. The first kappa shape index (κ1) is 17.3. The van der Waals surface area contributed by atoms with Gasteiger partial charge >= 0.3 is 0 Å². The van der Waals surface area contributed by atoms with Gasteiger partial charge in [-0.1, -0.05) is 46.3 Å². The quantitative estimate of drug-likeness (QED) is 0.689. The molecule has 1 aromatic heterocycles. The normalized spacial score (nSPS) is 10.7. The van der Waals surface area contributed by atoms with Gasteiger partial charge in [-0.3, -0.25) is 4.79 Å².